The van der Waals surface area contributed by atoms with Crippen LogP contribution in [-0.4, -0.2) is 23.4 Å². The van der Waals surface area contributed by atoms with Gasteiger partial charge in [0.15, 0.2) is 0 Å². The van der Waals surface area contributed by atoms with Gasteiger partial charge in [-0.15, -0.1) is 0 Å². The Balaban J connectivity index is 1.59. The summed E-state index contributed by atoms with van der Waals surface area (Å²) in [7, 11) is 0. The molecule has 1 heterocycles. The Labute approximate surface area is 166 Å². The third-order valence-corrected chi connectivity index (χ3v) is 6.25. The lowest BCUT2D eigenvalue weighted by molar-refractivity contribution is -0.0548. The van der Waals surface area contributed by atoms with Crippen LogP contribution in [0.5, 0.6) is 5.75 Å². The Morgan fingerprint density at radius 1 is 1.11 bits per heavy atom. The van der Waals surface area contributed by atoms with Crippen molar-refractivity contribution in [3.05, 3.63) is 65.5 Å². The van der Waals surface area contributed by atoms with E-state index in [1.807, 2.05) is 38.1 Å². The van der Waals surface area contributed by atoms with E-state index in [4.69, 9.17) is 9.47 Å². The number of aliphatic hydroxyl groups is 1. The average molecular weight is 384 g/mol. The van der Waals surface area contributed by atoms with Gasteiger partial charge in [-0.05, 0) is 80.8 Å². The highest BCUT2D eigenvalue weighted by Crippen LogP contribution is 2.57. The van der Waals surface area contributed by atoms with Gasteiger partial charge in [0.1, 0.15) is 11.6 Å². The van der Waals surface area contributed by atoms with E-state index in [1.54, 1.807) is 0 Å². The molecule has 1 saturated heterocycles. The van der Waals surface area contributed by atoms with Crippen LogP contribution >= 0.6 is 0 Å². The molecule has 2 fully saturated rings. The molecule has 0 aromatic heterocycles. The van der Waals surface area contributed by atoms with Gasteiger partial charge >= 0.3 is 0 Å². The number of halogens is 1. The summed E-state index contributed by atoms with van der Waals surface area (Å²) in [5.41, 5.74) is 1.92. The van der Waals surface area contributed by atoms with E-state index in [9.17, 15) is 9.50 Å². The minimum atomic E-state index is -0.287. The topological polar surface area (TPSA) is 38.7 Å². The smallest absolute Gasteiger partial charge is 0.123 e. The molecule has 1 aliphatic heterocycles. The van der Waals surface area contributed by atoms with Gasteiger partial charge in [0.2, 0.25) is 0 Å². The van der Waals surface area contributed by atoms with Gasteiger partial charge in [-0.1, -0.05) is 24.3 Å². The van der Waals surface area contributed by atoms with Gasteiger partial charge in [-0.25, -0.2) is 4.39 Å². The fourth-order valence-electron chi connectivity index (χ4n) is 5.11. The number of benzene rings is 2. The molecule has 0 radical (unpaired) electrons. The van der Waals surface area contributed by atoms with Crippen LogP contribution < -0.4 is 4.74 Å². The highest BCUT2D eigenvalue weighted by atomic mass is 19.1. The summed E-state index contributed by atoms with van der Waals surface area (Å²) >= 11 is 0. The van der Waals surface area contributed by atoms with Crippen LogP contribution in [0.1, 0.15) is 62.7 Å². The highest BCUT2D eigenvalue weighted by molar-refractivity contribution is 5.32. The summed E-state index contributed by atoms with van der Waals surface area (Å²) in [6.07, 6.45) is 3.91. The van der Waals surface area contributed by atoms with Crippen molar-refractivity contribution in [2.24, 2.45) is 5.92 Å². The molecule has 0 bridgehead atoms. The molecule has 1 unspecified atom stereocenters. The van der Waals surface area contributed by atoms with Crippen molar-refractivity contribution in [2.45, 2.75) is 63.3 Å². The standard InChI is InChI=1S/C24H29FO3/c1-16(2)27-21-5-3-4-18(14-21)22-11-13-24(28-22)12-10-19(15-26)23(24)17-6-8-20(25)9-7-17/h3-9,14,16,19,22-23,26H,10-13,15H2,1-2H3/t19-,22?,23-,24-/m1/s1. The zero-order valence-corrected chi connectivity index (χ0v) is 16.6. The van der Waals surface area contributed by atoms with Crippen molar-refractivity contribution in [2.75, 3.05) is 6.61 Å². The maximum absolute atomic E-state index is 13.4. The lowest BCUT2D eigenvalue weighted by Gasteiger charge is -2.34. The van der Waals surface area contributed by atoms with Crippen LogP contribution in [0.4, 0.5) is 4.39 Å². The molecule has 4 heteroatoms. The normalized spacial score (nSPS) is 29.7. The molecule has 1 saturated carbocycles. The molecular formula is C24H29FO3. The molecule has 0 amide bonds. The van der Waals surface area contributed by atoms with Gasteiger partial charge in [-0.3, -0.25) is 0 Å². The van der Waals surface area contributed by atoms with Crippen molar-refractivity contribution >= 4 is 0 Å². The lowest BCUT2D eigenvalue weighted by Crippen LogP contribution is -2.34. The quantitative estimate of drug-likeness (QED) is 0.751. The van der Waals surface area contributed by atoms with Gasteiger partial charge < -0.3 is 14.6 Å². The minimum absolute atomic E-state index is 0.0242. The van der Waals surface area contributed by atoms with Crippen molar-refractivity contribution in [1.82, 2.24) is 0 Å². The van der Waals surface area contributed by atoms with Gasteiger partial charge in [0, 0.05) is 12.5 Å². The SMILES string of the molecule is CC(C)Oc1cccc(C2CC[C@@]3(CC[C@H](CO)[C@H]3c3ccc(F)cc3)O2)c1. The first-order chi connectivity index (χ1) is 13.5. The Morgan fingerprint density at radius 3 is 2.57 bits per heavy atom. The van der Waals surface area contributed by atoms with Crippen LogP contribution in [0.2, 0.25) is 0 Å². The first-order valence-electron chi connectivity index (χ1n) is 10.3. The number of aliphatic hydroxyl groups excluding tert-OH is 1. The van der Waals surface area contributed by atoms with Crippen LogP contribution in [0.15, 0.2) is 48.5 Å². The van der Waals surface area contributed by atoms with E-state index in [0.29, 0.717) is 0 Å². The Hall–Kier alpha value is -1.91. The summed E-state index contributed by atoms with van der Waals surface area (Å²) in [4.78, 5) is 0. The first-order valence-corrected chi connectivity index (χ1v) is 10.3. The molecule has 1 spiro atoms. The predicted octanol–water partition coefficient (Wildman–Crippen LogP) is 5.39. The number of hydrogen-bond donors (Lipinski definition) is 1. The monoisotopic (exact) mass is 384 g/mol. The Kier molecular flexibility index (Phi) is 5.44. The Bertz CT molecular complexity index is 804. The Morgan fingerprint density at radius 2 is 1.86 bits per heavy atom. The van der Waals surface area contributed by atoms with Crippen LogP contribution in [0.3, 0.4) is 0 Å². The largest absolute Gasteiger partial charge is 0.491 e. The van der Waals surface area contributed by atoms with Crippen molar-refractivity contribution in [1.29, 1.82) is 0 Å². The second-order valence-electron chi connectivity index (χ2n) is 8.46. The minimum Gasteiger partial charge on any atom is -0.491 e. The summed E-state index contributed by atoms with van der Waals surface area (Å²) in [6.45, 7) is 4.18. The van der Waals surface area contributed by atoms with E-state index in [1.165, 1.54) is 12.1 Å². The van der Waals surface area contributed by atoms with Gasteiger partial charge in [0.05, 0.1) is 17.8 Å². The fourth-order valence-corrected chi connectivity index (χ4v) is 5.11. The molecular weight excluding hydrogens is 355 g/mol. The molecule has 2 aliphatic rings. The fraction of sp³-hybridized carbons (Fsp3) is 0.500. The van der Waals surface area contributed by atoms with Crippen LogP contribution in [0, 0.1) is 11.7 Å². The van der Waals surface area contributed by atoms with Crippen molar-refractivity contribution in [3.8, 4) is 5.75 Å². The van der Waals surface area contributed by atoms with E-state index < -0.39 is 0 Å². The van der Waals surface area contributed by atoms with Gasteiger partial charge in [0.25, 0.3) is 0 Å². The maximum Gasteiger partial charge on any atom is 0.123 e. The zero-order valence-electron chi connectivity index (χ0n) is 16.6. The van der Waals surface area contributed by atoms with Crippen molar-refractivity contribution < 1.29 is 19.0 Å². The van der Waals surface area contributed by atoms with Gasteiger partial charge in [-0.2, -0.15) is 0 Å². The first kappa shape index (κ1) is 19.4. The lowest BCUT2D eigenvalue weighted by atomic mass is 9.79. The second-order valence-corrected chi connectivity index (χ2v) is 8.46. The van der Waals surface area contributed by atoms with Crippen molar-refractivity contribution in [3.63, 3.8) is 0 Å². The zero-order chi connectivity index (χ0) is 19.7. The second kappa shape index (κ2) is 7.84. The third kappa shape index (κ3) is 3.68. The number of rotatable bonds is 5. The predicted molar refractivity (Wildman–Crippen MR) is 107 cm³/mol. The number of hydrogen-bond acceptors (Lipinski definition) is 3. The van der Waals surface area contributed by atoms with E-state index in [2.05, 4.69) is 12.1 Å². The number of ether oxygens (including phenoxy) is 2. The molecule has 3 nitrogen and oxygen atoms in total. The van der Waals surface area contributed by atoms with E-state index in [-0.39, 0.29) is 42.1 Å². The average Bonchev–Trinajstić information content (AvgIpc) is 3.27. The molecule has 1 aliphatic carbocycles. The van der Waals surface area contributed by atoms with E-state index in [0.717, 1.165) is 42.6 Å². The summed E-state index contributed by atoms with van der Waals surface area (Å²) in [5.74, 6) is 0.883. The van der Waals surface area contributed by atoms with Crippen LogP contribution in [0.25, 0.3) is 0 Å². The molecule has 2 aromatic carbocycles. The highest BCUT2D eigenvalue weighted by Gasteiger charge is 2.53. The molecule has 4 rings (SSSR count). The summed E-state index contributed by atoms with van der Waals surface area (Å²) in [6, 6.07) is 14.9. The molecule has 1 N–H and O–H groups in total. The molecule has 2 aromatic rings. The summed E-state index contributed by atoms with van der Waals surface area (Å²) < 4.78 is 26.0. The molecule has 150 valence electrons. The van der Waals surface area contributed by atoms with Crippen LogP contribution in [-0.2, 0) is 4.74 Å². The van der Waals surface area contributed by atoms with E-state index >= 15 is 0 Å². The third-order valence-electron chi connectivity index (χ3n) is 6.25. The molecule has 28 heavy (non-hydrogen) atoms. The summed E-state index contributed by atoms with van der Waals surface area (Å²) in [5, 5.41) is 9.95. The maximum atomic E-state index is 13.4. The molecule has 4 atom stereocenters.